The largest absolute Gasteiger partial charge is 0.382 e. The van der Waals surface area contributed by atoms with Crippen LogP contribution in [0.3, 0.4) is 0 Å². The van der Waals surface area contributed by atoms with Crippen molar-refractivity contribution in [2.45, 2.75) is 25.3 Å². The van der Waals surface area contributed by atoms with Gasteiger partial charge in [0.25, 0.3) is 0 Å². The van der Waals surface area contributed by atoms with Gasteiger partial charge in [0, 0.05) is 67.2 Å². The van der Waals surface area contributed by atoms with Gasteiger partial charge in [-0.1, -0.05) is 0 Å². The average Bonchev–Trinajstić information content (AvgIpc) is 2.75. The molecule has 0 amide bonds. The van der Waals surface area contributed by atoms with E-state index in [0.717, 1.165) is 42.7 Å². The van der Waals surface area contributed by atoms with Crippen LogP contribution < -0.4 is 16.4 Å². The Morgan fingerprint density at radius 1 is 1.14 bits per heavy atom. The Labute approximate surface area is 169 Å². The predicted molar refractivity (Wildman–Crippen MR) is 111 cm³/mol. The molecule has 0 spiro atoms. The third-order valence-corrected chi connectivity index (χ3v) is 5.07. The topological polar surface area (TPSA) is 124 Å². The fourth-order valence-corrected chi connectivity index (χ4v) is 3.62. The first-order valence-corrected chi connectivity index (χ1v) is 9.61. The summed E-state index contributed by atoms with van der Waals surface area (Å²) in [7, 11) is 0. The van der Waals surface area contributed by atoms with E-state index in [1.807, 2.05) is 18.2 Å². The smallest absolute Gasteiger partial charge is 0.189 e. The molecule has 0 saturated carbocycles. The van der Waals surface area contributed by atoms with Crippen LogP contribution in [-0.4, -0.2) is 44.9 Å². The molecule has 0 aliphatic carbocycles. The van der Waals surface area contributed by atoms with E-state index in [0.29, 0.717) is 5.69 Å². The number of hydrogen-bond donors (Lipinski definition) is 2. The number of carbonyl (C=O) groups is 1. The van der Waals surface area contributed by atoms with Crippen LogP contribution in [0.25, 0.3) is 11.3 Å². The zero-order valence-electron chi connectivity index (χ0n) is 16.0. The van der Waals surface area contributed by atoms with Gasteiger partial charge in [-0.2, -0.15) is 0 Å². The van der Waals surface area contributed by atoms with E-state index in [2.05, 4.69) is 24.8 Å². The Morgan fingerprint density at radius 3 is 2.72 bits per heavy atom. The molecule has 0 bridgehead atoms. The molecule has 3 aromatic rings. The fourth-order valence-electron chi connectivity index (χ4n) is 3.62. The lowest BCUT2D eigenvalue weighted by Gasteiger charge is -2.33. The van der Waals surface area contributed by atoms with E-state index in [1.54, 1.807) is 31.0 Å². The maximum absolute atomic E-state index is 13.1. The lowest BCUT2D eigenvalue weighted by molar-refractivity contribution is 0.0989. The minimum atomic E-state index is -0.193. The maximum atomic E-state index is 13.1. The molecule has 1 fully saturated rings. The molecule has 1 aliphatic heterocycles. The summed E-state index contributed by atoms with van der Waals surface area (Å²) in [6.07, 6.45) is 10.6. The molecular weight excluding hydrogens is 366 g/mol. The third-order valence-electron chi connectivity index (χ3n) is 5.07. The molecular formula is C21H23N7O. The van der Waals surface area contributed by atoms with E-state index < -0.39 is 0 Å². The first-order valence-electron chi connectivity index (χ1n) is 9.61. The second-order valence-electron chi connectivity index (χ2n) is 7.18. The normalized spacial score (nSPS) is 16.6. The minimum absolute atomic E-state index is 0.123. The summed E-state index contributed by atoms with van der Waals surface area (Å²) in [6, 6.07) is 5.70. The maximum Gasteiger partial charge on any atom is 0.189 e. The summed E-state index contributed by atoms with van der Waals surface area (Å²) in [4.78, 5) is 32.1. The molecule has 4 N–H and O–H groups in total. The van der Waals surface area contributed by atoms with Crippen LogP contribution in [0.4, 0.5) is 11.5 Å². The molecule has 4 heterocycles. The Bertz CT molecular complexity index is 1010. The Kier molecular flexibility index (Phi) is 5.44. The SMILES string of the molecule is Nc1ncc(-c2ccncc2)nc1C(=O)Cc1cnccc1N1CCCC(N)C1. The number of pyridine rings is 2. The van der Waals surface area contributed by atoms with Crippen molar-refractivity contribution < 1.29 is 4.79 Å². The molecule has 148 valence electrons. The number of anilines is 2. The van der Waals surface area contributed by atoms with Crippen molar-refractivity contribution in [1.82, 2.24) is 19.9 Å². The number of nitrogen functional groups attached to an aromatic ring is 1. The Hall–Kier alpha value is -3.39. The van der Waals surface area contributed by atoms with Gasteiger partial charge in [0.05, 0.1) is 11.9 Å². The van der Waals surface area contributed by atoms with E-state index in [9.17, 15) is 4.79 Å². The van der Waals surface area contributed by atoms with Gasteiger partial charge >= 0.3 is 0 Å². The standard InChI is InChI=1S/C21H23N7O/c22-16-2-1-9-28(13-16)18-5-8-25-11-15(18)10-19(29)20-21(23)26-12-17(27-20)14-3-6-24-7-4-14/h3-8,11-12,16H,1-2,9-10,13,22H2,(H2,23,26). The number of hydrogen-bond acceptors (Lipinski definition) is 8. The van der Waals surface area contributed by atoms with E-state index in [1.165, 1.54) is 0 Å². The molecule has 4 rings (SSSR count). The number of nitrogens with zero attached hydrogens (tertiary/aromatic N) is 5. The molecule has 0 radical (unpaired) electrons. The highest BCUT2D eigenvalue weighted by atomic mass is 16.1. The van der Waals surface area contributed by atoms with Gasteiger partial charge in [0.2, 0.25) is 0 Å². The predicted octanol–water partition coefficient (Wildman–Crippen LogP) is 1.87. The van der Waals surface area contributed by atoms with Crippen LogP contribution in [0.1, 0.15) is 28.9 Å². The zero-order chi connectivity index (χ0) is 20.2. The van der Waals surface area contributed by atoms with Gasteiger partial charge in [-0.25, -0.2) is 9.97 Å². The summed E-state index contributed by atoms with van der Waals surface area (Å²) in [6.45, 7) is 1.68. The van der Waals surface area contributed by atoms with Crippen molar-refractivity contribution >= 4 is 17.3 Å². The quantitative estimate of drug-likeness (QED) is 0.634. The molecule has 8 heteroatoms. The monoisotopic (exact) mass is 389 g/mol. The number of aromatic nitrogens is 4. The van der Waals surface area contributed by atoms with Crippen molar-refractivity contribution in [2.24, 2.45) is 5.73 Å². The average molecular weight is 389 g/mol. The minimum Gasteiger partial charge on any atom is -0.382 e. The van der Waals surface area contributed by atoms with Gasteiger partial charge in [-0.15, -0.1) is 0 Å². The molecule has 8 nitrogen and oxygen atoms in total. The van der Waals surface area contributed by atoms with Crippen LogP contribution in [0, 0.1) is 0 Å². The Morgan fingerprint density at radius 2 is 1.93 bits per heavy atom. The van der Waals surface area contributed by atoms with Crippen LogP contribution in [0.2, 0.25) is 0 Å². The second-order valence-corrected chi connectivity index (χ2v) is 7.18. The summed E-state index contributed by atoms with van der Waals surface area (Å²) in [5, 5.41) is 0. The molecule has 3 aromatic heterocycles. The summed E-state index contributed by atoms with van der Waals surface area (Å²) in [5.74, 6) is -0.0697. The number of piperidine rings is 1. The summed E-state index contributed by atoms with van der Waals surface area (Å²) >= 11 is 0. The Balaban J connectivity index is 1.61. The second kappa shape index (κ2) is 8.32. The molecule has 1 unspecified atom stereocenters. The lowest BCUT2D eigenvalue weighted by atomic mass is 10.0. The van der Waals surface area contributed by atoms with Crippen LogP contribution in [0.15, 0.2) is 49.2 Å². The highest BCUT2D eigenvalue weighted by Gasteiger charge is 2.22. The molecule has 29 heavy (non-hydrogen) atoms. The lowest BCUT2D eigenvalue weighted by Crippen LogP contribution is -2.43. The van der Waals surface area contributed by atoms with Crippen LogP contribution in [-0.2, 0) is 6.42 Å². The van der Waals surface area contributed by atoms with Crippen LogP contribution >= 0.6 is 0 Å². The number of ketones is 1. The van der Waals surface area contributed by atoms with Crippen molar-refractivity contribution in [3.63, 3.8) is 0 Å². The number of carbonyl (C=O) groups excluding carboxylic acids is 1. The zero-order valence-corrected chi connectivity index (χ0v) is 16.0. The van der Waals surface area contributed by atoms with Crippen molar-refractivity contribution in [3.05, 3.63) is 60.4 Å². The number of Topliss-reactive ketones (excluding diaryl/α,β-unsaturated/α-hetero) is 1. The van der Waals surface area contributed by atoms with Gasteiger partial charge in [0.15, 0.2) is 11.6 Å². The first-order chi connectivity index (χ1) is 14.1. The van der Waals surface area contributed by atoms with Gasteiger partial charge in [0.1, 0.15) is 5.69 Å². The highest BCUT2D eigenvalue weighted by molar-refractivity contribution is 6.00. The molecule has 1 saturated heterocycles. The van der Waals surface area contributed by atoms with Crippen LogP contribution in [0.5, 0.6) is 0 Å². The van der Waals surface area contributed by atoms with E-state index in [-0.39, 0.29) is 29.8 Å². The highest BCUT2D eigenvalue weighted by Crippen LogP contribution is 2.25. The van der Waals surface area contributed by atoms with Gasteiger partial charge < -0.3 is 16.4 Å². The first kappa shape index (κ1) is 18.9. The fraction of sp³-hybridized carbons (Fsp3) is 0.286. The number of nitrogens with two attached hydrogens (primary N) is 2. The summed E-state index contributed by atoms with van der Waals surface area (Å²) in [5.41, 5.74) is 15.5. The summed E-state index contributed by atoms with van der Waals surface area (Å²) < 4.78 is 0. The van der Waals surface area contributed by atoms with Crippen molar-refractivity contribution in [2.75, 3.05) is 23.7 Å². The van der Waals surface area contributed by atoms with Crippen molar-refractivity contribution in [1.29, 1.82) is 0 Å². The molecule has 0 aromatic carbocycles. The molecule has 1 aliphatic rings. The molecule has 1 atom stereocenters. The van der Waals surface area contributed by atoms with Gasteiger partial charge in [-0.3, -0.25) is 14.8 Å². The third kappa shape index (κ3) is 4.22. The van der Waals surface area contributed by atoms with Gasteiger partial charge in [-0.05, 0) is 31.0 Å². The van der Waals surface area contributed by atoms with Crippen molar-refractivity contribution in [3.8, 4) is 11.3 Å². The number of rotatable bonds is 5. The van der Waals surface area contributed by atoms with E-state index >= 15 is 0 Å². The van der Waals surface area contributed by atoms with E-state index in [4.69, 9.17) is 11.5 Å².